The molecule has 0 aliphatic carbocycles. The van der Waals surface area contributed by atoms with Gasteiger partial charge < -0.3 is 10.2 Å². The first-order valence-corrected chi connectivity index (χ1v) is 8.53. The summed E-state index contributed by atoms with van der Waals surface area (Å²) in [6, 6.07) is 4.02. The molecule has 5 rings (SSSR count). The monoisotopic (exact) mass is 321 g/mol. The molecule has 3 aliphatic rings. The summed E-state index contributed by atoms with van der Waals surface area (Å²) < 4.78 is 1.01. The molecule has 3 saturated heterocycles. The Hall–Kier alpha value is -1.17. The maximum atomic E-state index is 12.5. The van der Waals surface area contributed by atoms with E-state index in [0.29, 0.717) is 16.8 Å². The smallest absolute Gasteiger partial charge is 0.270 e. The number of rotatable bonds is 2. The number of pyridine rings is 1. The Kier molecular flexibility index (Phi) is 3.36. The highest BCUT2D eigenvalue weighted by atomic mass is 35.5. The number of nitrogens with one attached hydrogen (secondary N) is 1. The average molecular weight is 322 g/mol. The highest BCUT2D eigenvalue weighted by Gasteiger charge is 2.35. The molecule has 110 valence electrons. The fourth-order valence-electron chi connectivity index (χ4n) is 3.41. The van der Waals surface area contributed by atoms with Crippen LogP contribution in [0.5, 0.6) is 0 Å². The molecular formula is C15H16ClN3OS. The van der Waals surface area contributed by atoms with Crippen LogP contribution in [0, 0.1) is 5.92 Å². The first-order valence-electron chi connectivity index (χ1n) is 7.27. The van der Waals surface area contributed by atoms with Crippen molar-refractivity contribution in [3.63, 3.8) is 0 Å². The Balaban J connectivity index is 1.56. The van der Waals surface area contributed by atoms with E-state index in [1.54, 1.807) is 11.3 Å². The number of carbonyl (C=O) groups excluding carboxylic acids is 1. The quantitative estimate of drug-likeness (QED) is 0.865. The van der Waals surface area contributed by atoms with E-state index >= 15 is 0 Å². The normalized spacial score (nSPS) is 28.0. The summed E-state index contributed by atoms with van der Waals surface area (Å²) in [5, 5.41) is 6.45. The molecule has 3 fully saturated rings. The lowest BCUT2D eigenvalue weighted by atomic mass is 9.84. The first kappa shape index (κ1) is 13.5. The number of amides is 1. The Morgan fingerprint density at radius 1 is 1.43 bits per heavy atom. The lowest BCUT2D eigenvalue weighted by molar-refractivity contribution is 0.0618. The Labute approximate surface area is 132 Å². The first-order chi connectivity index (χ1) is 10.2. The van der Waals surface area contributed by atoms with Gasteiger partial charge >= 0.3 is 0 Å². The van der Waals surface area contributed by atoms with E-state index in [4.69, 9.17) is 11.6 Å². The molecule has 1 atom stereocenters. The fourth-order valence-corrected chi connectivity index (χ4v) is 4.55. The number of nitrogens with zero attached hydrogens (tertiary/aromatic N) is 2. The van der Waals surface area contributed by atoms with Gasteiger partial charge in [0.05, 0.1) is 0 Å². The number of hydrogen-bond donors (Lipinski definition) is 1. The maximum absolute atomic E-state index is 12.5. The van der Waals surface area contributed by atoms with Gasteiger partial charge in [-0.2, -0.15) is 0 Å². The standard InChI is InChI=1S/C15H16ClN3OS/c16-14-10-3-6-21-13(10)7-11(17-14)15(20)18-12-8-19-4-1-9(12)2-5-19/h3,6-7,9,12H,1-2,4-5,8H2,(H,18,20). The van der Waals surface area contributed by atoms with Crippen LogP contribution in [0.25, 0.3) is 10.1 Å². The summed E-state index contributed by atoms with van der Waals surface area (Å²) >= 11 is 7.74. The van der Waals surface area contributed by atoms with E-state index in [-0.39, 0.29) is 11.9 Å². The number of fused-ring (bicyclic) bond motifs is 4. The van der Waals surface area contributed by atoms with Crippen LogP contribution in [-0.4, -0.2) is 41.5 Å². The molecule has 21 heavy (non-hydrogen) atoms. The van der Waals surface area contributed by atoms with Gasteiger partial charge in [-0.1, -0.05) is 11.6 Å². The van der Waals surface area contributed by atoms with Gasteiger partial charge in [-0.15, -0.1) is 11.3 Å². The van der Waals surface area contributed by atoms with Gasteiger partial charge in [-0.05, 0) is 49.4 Å². The van der Waals surface area contributed by atoms with Gasteiger partial charge in [-0.3, -0.25) is 4.79 Å². The van der Waals surface area contributed by atoms with Crippen molar-refractivity contribution in [3.8, 4) is 0 Å². The maximum Gasteiger partial charge on any atom is 0.270 e. The summed E-state index contributed by atoms with van der Waals surface area (Å²) in [6.07, 6.45) is 2.37. The van der Waals surface area contributed by atoms with Gasteiger partial charge in [0.15, 0.2) is 0 Å². The largest absolute Gasteiger partial charge is 0.346 e. The van der Waals surface area contributed by atoms with Crippen LogP contribution in [0.4, 0.5) is 0 Å². The van der Waals surface area contributed by atoms with Gasteiger partial charge in [-0.25, -0.2) is 4.98 Å². The average Bonchev–Trinajstić information content (AvgIpc) is 2.97. The predicted molar refractivity (Wildman–Crippen MR) is 85.0 cm³/mol. The fraction of sp³-hybridized carbons (Fsp3) is 0.467. The minimum absolute atomic E-state index is 0.106. The molecule has 2 aromatic rings. The summed E-state index contributed by atoms with van der Waals surface area (Å²) in [7, 11) is 0. The summed E-state index contributed by atoms with van der Waals surface area (Å²) in [5.74, 6) is 0.505. The lowest BCUT2D eigenvalue weighted by Crippen LogP contribution is -2.57. The summed E-state index contributed by atoms with van der Waals surface area (Å²) in [4.78, 5) is 19.1. The zero-order valence-corrected chi connectivity index (χ0v) is 13.1. The van der Waals surface area contributed by atoms with Crippen molar-refractivity contribution >= 4 is 38.9 Å². The molecule has 1 unspecified atom stereocenters. The van der Waals surface area contributed by atoms with E-state index in [9.17, 15) is 4.79 Å². The zero-order valence-electron chi connectivity index (χ0n) is 11.5. The SMILES string of the molecule is O=C(NC1CN2CCC1CC2)c1cc2sccc2c(Cl)n1. The van der Waals surface area contributed by atoms with E-state index in [1.165, 1.54) is 25.9 Å². The molecule has 2 aromatic heterocycles. The lowest BCUT2D eigenvalue weighted by Gasteiger charge is -2.44. The third-order valence-electron chi connectivity index (χ3n) is 4.61. The number of carbonyl (C=O) groups is 1. The molecule has 0 saturated carbocycles. The Morgan fingerprint density at radius 2 is 2.24 bits per heavy atom. The van der Waals surface area contributed by atoms with Crippen LogP contribution in [0.1, 0.15) is 23.3 Å². The number of aromatic nitrogens is 1. The van der Waals surface area contributed by atoms with Crippen LogP contribution in [0.3, 0.4) is 0 Å². The minimum atomic E-state index is -0.106. The van der Waals surface area contributed by atoms with Gasteiger partial charge in [0.1, 0.15) is 10.8 Å². The van der Waals surface area contributed by atoms with Crippen molar-refractivity contribution < 1.29 is 4.79 Å². The molecule has 1 amide bonds. The minimum Gasteiger partial charge on any atom is -0.346 e. The van der Waals surface area contributed by atoms with Crippen LogP contribution in [0.15, 0.2) is 17.5 Å². The molecule has 0 spiro atoms. The van der Waals surface area contributed by atoms with Crippen molar-refractivity contribution in [2.45, 2.75) is 18.9 Å². The highest BCUT2D eigenvalue weighted by molar-refractivity contribution is 7.17. The molecule has 0 radical (unpaired) electrons. The van der Waals surface area contributed by atoms with Crippen molar-refractivity contribution in [2.24, 2.45) is 5.92 Å². The van der Waals surface area contributed by atoms with E-state index in [1.807, 2.05) is 17.5 Å². The Morgan fingerprint density at radius 3 is 2.95 bits per heavy atom. The van der Waals surface area contributed by atoms with Crippen LogP contribution in [0.2, 0.25) is 5.15 Å². The van der Waals surface area contributed by atoms with Crippen LogP contribution >= 0.6 is 22.9 Å². The third-order valence-corrected chi connectivity index (χ3v) is 5.76. The molecule has 3 aliphatic heterocycles. The van der Waals surface area contributed by atoms with Crippen molar-refractivity contribution in [3.05, 3.63) is 28.4 Å². The molecule has 2 bridgehead atoms. The molecule has 5 heterocycles. The van der Waals surface area contributed by atoms with Gasteiger partial charge in [0.25, 0.3) is 5.91 Å². The van der Waals surface area contributed by atoms with Crippen LogP contribution in [-0.2, 0) is 0 Å². The van der Waals surface area contributed by atoms with Crippen molar-refractivity contribution in [1.82, 2.24) is 15.2 Å². The number of hydrogen-bond acceptors (Lipinski definition) is 4. The Bertz CT molecular complexity index is 693. The second-order valence-electron chi connectivity index (χ2n) is 5.85. The summed E-state index contributed by atoms with van der Waals surface area (Å²) in [6.45, 7) is 3.30. The second-order valence-corrected chi connectivity index (χ2v) is 7.15. The summed E-state index contributed by atoms with van der Waals surface area (Å²) in [5.41, 5.74) is 0.423. The molecular weight excluding hydrogens is 306 g/mol. The molecule has 1 N–H and O–H groups in total. The third kappa shape index (κ3) is 2.43. The zero-order chi connectivity index (χ0) is 14.4. The van der Waals surface area contributed by atoms with Crippen molar-refractivity contribution in [2.75, 3.05) is 19.6 Å². The molecule has 4 nitrogen and oxygen atoms in total. The van der Waals surface area contributed by atoms with E-state index in [2.05, 4.69) is 15.2 Å². The van der Waals surface area contributed by atoms with Gasteiger partial charge in [0.2, 0.25) is 0 Å². The number of piperidine rings is 3. The van der Waals surface area contributed by atoms with Crippen LogP contribution < -0.4 is 5.32 Å². The predicted octanol–water partition coefficient (Wildman–Crippen LogP) is 2.77. The number of thiophene rings is 1. The van der Waals surface area contributed by atoms with E-state index < -0.39 is 0 Å². The van der Waals surface area contributed by atoms with Gasteiger partial charge in [0, 0.05) is 22.7 Å². The molecule has 6 heteroatoms. The van der Waals surface area contributed by atoms with E-state index in [0.717, 1.165) is 16.6 Å². The number of halogens is 1. The highest BCUT2D eigenvalue weighted by Crippen LogP contribution is 2.29. The second kappa shape index (κ2) is 5.23. The molecule has 0 aromatic carbocycles. The topological polar surface area (TPSA) is 45.2 Å². The van der Waals surface area contributed by atoms with Crippen molar-refractivity contribution in [1.29, 1.82) is 0 Å².